The zero-order chi connectivity index (χ0) is 14.8. The van der Waals surface area contributed by atoms with Crippen LogP contribution >= 0.6 is 0 Å². The quantitative estimate of drug-likeness (QED) is 0.624. The second-order valence-electron chi connectivity index (χ2n) is 8.33. The van der Waals surface area contributed by atoms with Crippen LogP contribution in [0.3, 0.4) is 0 Å². The van der Waals surface area contributed by atoms with Crippen molar-refractivity contribution in [3.63, 3.8) is 0 Å². The fraction of sp³-hybridized carbons (Fsp3) is 0.789. The molecule has 2 nitrogen and oxygen atoms in total. The summed E-state index contributed by atoms with van der Waals surface area (Å²) in [5, 5.41) is 0. The van der Waals surface area contributed by atoms with E-state index in [1.54, 1.807) is 11.1 Å². The van der Waals surface area contributed by atoms with Crippen molar-refractivity contribution in [2.75, 3.05) is 0 Å². The van der Waals surface area contributed by atoms with Crippen LogP contribution in [0.25, 0.3) is 0 Å². The number of ketones is 2. The molecular formula is C19H26O2. The summed E-state index contributed by atoms with van der Waals surface area (Å²) in [6, 6.07) is 0. The highest BCUT2D eigenvalue weighted by molar-refractivity contribution is 5.88. The molecule has 2 fully saturated rings. The highest BCUT2D eigenvalue weighted by Gasteiger charge is 2.54. The number of hydrogen-bond donors (Lipinski definition) is 0. The highest BCUT2D eigenvalue weighted by atomic mass is 16.1. The summed E-state index contributed by atoms with van der Waals surface area (Å²) in [6.07, 6.45) is 8.95. The molecule has 114 valence electrons. The van der Waals surface area contributed by atoms with Gasteiger partial charge in [0.2, 0.25) is 0 Å². The number of allylic oxidation sites excluding steroid dienone is 2. The van der Waals surface area contributed by atoms with Crippen molar-refractivity contribution in [3.05, 3.63) is 11.1 Å². The summed E-state index contributed by atoms with van der Waals surface area (Å²) in [7, 11) is 0. The molecule has 0 bridgehead atoms. The molecule has 4 aliphatic rings. The third kappa shape index (κ3) is 1.71. The van der Waals surface area contributed by atoms with Crippen LogP contribution in [0.2, 0.25) is 0 Å². The van der Waals surface area contributed by atoms with Crippen molar-refractivity contribution in [3.8, 4) is 0 Å². The van der Waals surface area contributed by atoms with Gasteiger partial charge in [-0.3, -0.25) is 9.59 Å². The Morgan fingerprint density at radius 2 is 1.67 bits per heavy atom. The van der Waals surface area contributed by atoms with Crippen LogP contribution in [0, 0.1) is 22.7 Å². The Kier molecular flexibility index (Phi) is 2.81. The van der Waals surface area contributed by atoms with Crippen molar-refractivity contribution in [1.29, 1.82) is 0 Å². The van der Waals surface area contributed by atoms with E-state index in [0.29, 0.717) is 23.4 Å². The maximum Gasteiger partial charge on any atom is 0.139 e. The van der Waals surface area contributed by atoms with Gasteiger partial charge >= 0.3 is 0 Å². The first-order valence-electron chi connectivity index (χ1n) is 8.72. The smallest absolute Gasteiger partial charge is 0.139 e. The van der Waals surface area contributed by atoms with E-state index >= 15 is 0 Å². The minimum absolute atomic E-state index is 0.0630. The predicted molar refractivity (Wildman–Crippen MR) is 81.8 cm³/mol. The lowest BCUT2D eigenvalue weighted by atomic mass is 9.52. The van der Waals surface area contributed by atoms with Gasteiger partial charge in [-0.05, 0) is 55.8 Å². The Labute approximate surface area is 127 Å². The molecule has 2 unspecified atom stereocenters. The largest absolute Gasteiger partial charge is 0.300 e. The van der Waals surface area contributed by atoms with Gasteiger partial charge in [0.15, 0.2) is 0 Å². The summed E-state index contributed by atoms with van der Waals surface area (Å²) < 4.78 is 0. The second kappa shape index (κ2) is 4.30. The normalized spacial score (nSPS) is 46.2. The summed E-state index contributed by atoms with van der Waals surface area (Å²) in [5.74, 6) is 2.06. The molecular weight excluding hydrogens is 260 g/mol. The average Bonchev–Trinajstić information content (AvgIpc) is 2.76. The summed E-state index contributed by atoms with van der Waals surface area (Å²) in [4.78, 5) is 24.2. The number of fused-ring (bicyclic) bond motifs is 4. The topological polar surface area (TPSA) is 34.1 Å². The number of rotatable bonds is 0. The van der Waals surface area contributed by atoms with Crippen molar-refractivity contribution >= 4 is 11.6 Å². The third-order valence-corrected chi connectivity index (χ3v) is 7.52. The molecule has 2 heteroatoms. The molecule has 21 heavy (non-hydrogen) atoms. The van der Waals surface area contributed by atoms with E-state index in [0.717, 1.165) is 51.4 Å². The molecule has 0 heterocycles. The first-order chi connectivity index (χ1) is 9.95. The van der Waals surface area contributed by atoms with Crippen LogP contribution < -0.4 is 0 Å². The molecule has 0 aromatic heterocycles. The van der Waals surface area contributed by atoms with Gasteiger partial charge in [-0.1, -0.05) is 25.0 Å². The number of carbonyl (C=O) groups is 2. The Hall–Kier alpha value is -0.920. The third-order valence-electron chi connectivity index (χ3n) is 7.52. The standard InChI is InChI=1S/C19H26O2/c1-18-9-7-13(20)11-12(18)3-4-14-15-5-6-17(21)19(15,2)10-8-16(14)18/h12,15H,3-11H2,1-2H3/t12-,15-,18?,19?/m1/s1. The Bertz CT molecular complexity index is 558. The van der Waals surface area contributed by atoms with E-state index in [4.69, 9.17) is 0 Å². The maximum atomic E-state index is 12.3. The molecule has 4 aliphatic carbocycles. The van der Waals surface area contributed by atoms with Gasteiger partial charge in [0, 0.05) is 24.7 Å². The fourth-order valence-corrected chi connectivity index (χ4v) is 6.03. The van der Waals surface area contributed by atoms with Crippen molar-refractivity contribution in [2.45, 2.75) is 71.6 Å². The lowest BCUT2D eigenvalue weighted by Crippen LogP contribution is -2.44. The molecule has 4 rings (SSSR count). The van der Waals surface area contributed by atoms with Gasteiger partial charge in [0.1, 0.15) is 11.6 Å². The molecule has 0 radical (unpaired) electrons. The van der Waals surface area contributed by atoms with Crippen LogP contribution in [-0.4, -0.2) is 11.6 Å². The molecule has 0 amide bonds. The molecule has 4 atom stereocenters. The lowest BCUT2D eigenvalue weighted by molar-refractivity contribution is -0.126. The predicted octanol–water partition coefficient (Wildman–Crippen LogP) is 4.23. The van der Waals surface area contributed by atoms with Crippen molar-refractivity contribution < 1.29 is 9.59 Å². The SMILES string of the molecule is CC12CCC(=O)C[C@H]1CCC1=C2CCC2(C)C(=O)CC[C@H]12. The first kappa shape index (κ1) is 13.7. The van der Waals surface area contributed by atoms with Crippen LogP contribution in [0.4, 0.5) is 0 Å². The zero-order valence-electron chi connectivity index (χ0n) is 13.3. The second-order valence-corrected chi connectivity index (χ2v) is 8.33. The monoisotopic (exact) mass is 286 g/mol. The molecule has 0 saturated heterocycles. The van der Waals surface area contributed by atoms with E-state index in [-0.39, 0.29) is 10.8 Å². The minimum atomic E-state index is -0.0630. The van der Waals surface area contributed by atoms with E-state index < -0.39 is 0 Å². The maximum absolute atomic E-state index is 12.3. The average molecular weight is 286 g/mol. The zero-order valence-corrected chi connectivity index (χ0v) is 13.3. The van der Waals surface area contributed by atoms with E-state index in [1.165, 1.54) is 6.42 Å². The summed E-state index contributed by atoms with van der Waals surface area (Å²) in [6.45, 7) is 4.63. The summed E-state index contributed by atoms with van der Waals surface area (Å²) in [5.41, 5.74) is 3.51. The van der Waals surface area contributed by atoms with Crippen molar-refractivity contribution in [1.82, 2.24) is 0 Å². The first-order valence-corrected chi connectivity index (χ1v) is 8.72. The number of Topliss-reactive ketones (excluding diaryl/α,β-unsaturated/α-hetero) is 2. The van der Waals surface area contributed by atoms with Gasteiger partial charge in [-0.15, -0.1) is 0 Å². The van der Waals surface area contributed by atoms with E-state index in [2.05, 4.69) is 13.8 Å². The van der Waals surface area contributed by atoms with Crippen molar-refractivity contribution in [2.24, 2.45) is 22.7 Å². The van der Waals surface area contributed by atoms with Gasteiger partial charge in [-0.25, -0.2) is 0 Å². The van der Waals surface area contributed by atoms with Gasteiger partial charge in [0.25, 0.3) is 0 Å². The molecule has 0 N–H and O–H groups in total. The molecule has 0 aromatic rings. The minimum Gasteiger partial charge on any atom is -0.300 e. The molecule has 0 aliphatic heterocycles. The van der Waals surface area contributed by atoms with Gasteiger partial charge in [0.05, 0.1) is 0 Å². The summed E-state index contributed by atoms with van der Waals surface area (Å²) >= 11 is 0. The number of hydrogen-bond acceptors (Lipinski definition) is 2. The van der Waals surface area contributed by atoms with Crippen LogP contribution in [0.5, 0.6) is 0 Å². The van der Waals surface area contributed by atoms with Gasteiger partial charge < -0.3 is 0 Å². The Morgan fingerprint density at radius 1 is 0.905 bits per heavy atom. The lowest BCUT2D eigenvalue weighted by Gasteiger charge is -2.52. The number of carbonyl (C=O) groups excluding carboxylic acids is 2. The molecule has 0 spiro atoms. The molecule has 2 saturated carbocycles. The van der Waals surface area contributed by atoms with Crippen LogP contribution in [0.15, 0.2) is 11.1 Å². The Morgan fingerprint density at radius 3 is 2.48 bits per heavy atom. The Balaban J connectivity index is 1.76. The van der Waals surface area contributed by atoms with Crippen LogP contribution in [0.1, 0.15) is 71.6 Å². The highest BCUT2D eigenvalue weighted by Crippen LogP contribution is 2.62. The van der Waals surface area contributed by atoms with E-state index in [9.17, 15) is 9.59 Å². The molecule has 0 aromatic carbocycles. The van der Waals surface area contributed by atoms with Crippen LogP contribution in [-0.2, 0) is 9.59 Å². The van der Waals surface area contributed by atoms with E-state index in [1.807, 2.05) is 0 Å². The fourth-order valence-electron chi connectivity index (χ4n) is 6.03. The van der Waals surface area contributed by atoms with Gasteiger partial charge in [-0.2, -0.15) is 0 Å².